The Morgan fingerprint density at radius 3 is 2.00 bits per heavy atom. The van der Waals surface area contributed by atoms with E-state index in [1.54, 1.807) is 0 Å². The molecule has 112 valence electrons. The van der Waals surface area contributed by atoms with Gasteiger partial charge in [0.25, 0.3) is 0 Å². The van der Waals surface area contributed by atoms with Gasteiger partial charge in [0.1, 0.15) is 0 Å². The average Bonchev–Trinajstić information content (AvgIpc) is 2.37. The van der Waals surface area contributed by atoms with Crippen molar-refractivity contribution in [2.75, 3.05) is 11.1 Å². The van der Waals surface area contributed by atoms with Crippen LogP contribution in [0.15, 0.2) is 30.3 Å². The van der Waals surface area contributed by atoms with Crippen molar-refractivity contribution in [1.29, 1.82) is 0 Å². The summed E-state index contributed by atoms with van der Waals surface area (Å²) in [6.45, 7) is 0. The van der Waals surface area contributed by atoms with Crippen molar-refractivity contribution in [3.8, 4) is 0 Å². The van der Waals surface area contributed by atoms with E-state index < -0.39 is 34.9 Å². The van der Waals surface area contributed by atoms with E-state index in [9.17, 15) is 26.3 Å². The van der Waals surface area contributed by atoms with Crippen LogP contribution in [0, 0.1) is 17.5 Å². The molecule has 2 rings (SSSR count). The molecule has 0 saturated carbocycles. The molecule has 0 aliphatic rings. The smallest absolute Gasteiger partial charge is 0.399 e. The van der Waals surface area contributed by atoms with Crippen molar-refractivity contribution in [1.82, 2.24) is 0 Å². The van der Waals surface area contributed by atoms with Crippen molar-refractivity contribution in [3.05, 3.63) is 53.3 Å². The molecular formula is C13H8F6N2. The van der Waals surface area contributed by atoms with E-state index >= 15 is 0 Å². The minimum Gasteiger partial charge on any atom is -0.399 e. The number of halogens is 6. The maximum atomic E-state index is 13.0. The van der Waals surface area contributed by atoms with Gasteiger partial charge >= 0.3 is 6.18 Å². The highest BCUT2D eigenvalue weighted by molar-refractivity contribution is 5.67. The van der Waals surface area contributed by atoms with E-state index in [1.807, 2.05) is 0 Å². The summed E-state index contributed by atoms with van der Waals surface area (Å²) in [4.78, 5) is 0. The molecule has 0 aliphatic carbocycles. The Bertz CT molecular complexity index is 658. The zero-order chi connectivity index (χ0) is 15.8. The van der Waals surface area contributed by atoms with Gasteiger partial charge in [-0.25, -0.2) is 13.2 Å². The van der Waals surface area contributed by atoms with Crippen LogP contribution in [-0.4, -0.2) is 0 Å². The number of nitrogen functional groups attached to an aromatic ring is 1. The zero-order valence-corrected chi connectivity index (χ0v) is 10.2. The number of hydrogen-bond donors (Lipinski definition) is 2. The fourth-order valence-corrected chi connectivity index (χ4v) is 1.69. The van der Waals surface area contributed by atoms with Crippen LogP contribution in [0.1, 0.15) is 5.56 Å². The Morgan fingerprint density at radius 2 is 1.48 bits per heavy atom. The van der Waals surface area contributed by atoms with Crippen molar-refractivity contribution < 1.29 is 26.3 Å². The van der Waals surface area contributed by atoms with Crippen molar-refractivity contribution in [3.63, 3.8) is 0 Å². The Balaban J connectivity index is 2.45. The molecule has 0 fully saturated rings. The molecule has 0 heterocycles. The Kier molecular flexibility index (Phi) is 3.71. The second-order valence-electron chi connectivity index (χ2n) is 4.18. The first-order chi connectivity index (χ1) is 9.68. The summed E-state index contributed by atoms with van der Waals surface area (Å²) < 4.78 is 77.4. The fourth-order valence-electron chi connectivity index (χ4n) is 1.69. The fraction of sp³-hybridized carbons (Fsp3) is 0.0769. The molecule has 0 unspecified atom stereocenters. The molecule has 21 heavy (non-hydrogen) atoms. The summed E-state index contributed by atoms with van der Waals surface area (Å²) in [5, 5.41) is 2.19. The Hall–Kier alpha value is -2.38. The first-order valence-electron chi connectivity index (χ1n) is 5.57. The molecule has 0 atom stereocenters. The summed E-state index contributed by atoms with van der Waals surface area (Å²) >= 11 is 0. The van der Waals surface area contributed by atoms with E-state index in [1.165, 1.54) is 6.07 Å². The largest absolute Gasteiger partial charge is 0.418 e. The standard InChI is InChI=1S/C13H8F6N2/c14-9-4-7(5-10(15)12(9)16)21-11-2-1-6(20)3-8(11)13(17,18)19/h1-5,21H,20H2. The predicted octanol–water partition coefficient (Wildman–Crippen LogP) is 4.45. The van der Waals surface area contributed by atoms with Crippen LogP contribution in [0.4, 0.5) is 43.4 Å². The highest BCUT2D eigenvalue weighted by Crippen LogP contribution is 2.37. The van der Waals surface area contributed by atoms with Crippen LogP contribution in [0.25, 0.3) is 0 Å². The van der Waals surface area contributed by atoms with Gasteiger partial charge in [-0.15, -0.1) is 0 Å². The molecule has 0 saturated heterocycles. The van der Waals surface area contributed by atoms with Crippen LogP contribution in [0.2, 0.25) is 0 Å². The number of alkyl halides is 3. The first-order valence-corrected chi connectivity index (χ1v) is 5.57. The second-order valence-corrected chi connectivity index (χ2v) is 4.18. The molecule has 0 aromatic heterocycles. The molecule has 2 aromatic carbocycles. The summed E-state index contributed by atoms with van der Waals surface area (Å²) in [7, 11) is 0. The third-order valence-electron chi connectivity index (χ3n) is 2.61. The van der Waals surface area contributed by atoms with Gasteiger partial charge in [-0.3, -0.25) is 0 Å². The van der Waals surface area contributed by atoms with E-state index in [0.717, 1.165) is 6.07 Å². The SMILES string of the molecule is Nc1ccc(Nc2cc(F)c(F)c(F)c2)c(C(F)(F)F)c1. The minimum atomic E-state index is -4.71. The lowest BCUT2D eigenvalue weighted by molar-refractivity contribution is -0.136. The maximum Gasteiger partial charge on any atom is 0.418 e. The third-order valence-corrected chi connectivity index (χ3v) is 2.61. The summed E-state index contributed by atoms with van der Waals surface area (Å²) in [5.74, 6) is -4.73. The average molecular weight is 306 g/mol. The maximum absolute atomic E-state index is 13.0. The highest BCUT2D eigenvalue weighted by atomic mass is 19.4. The van der Waals surface area contributed by atoms with Gasteiger partial charge in [-0.2, -0.15) is 13.2 Å². The van der Waals surface area contributed by atoms with E-state index in [2.05, 4.69) is 5.32 Å². The van der Waals surface area contributed by atoms with Crippen LogP contribution in [0.3, 0.4) is 0 Å². The third kappa shape index (κ3) is 3.21. The monoisotopic (exact) mass is 306 g/mol. The first kappa shape index (κ1) is 15.0. The lowest BCUT2D eigenvalue weighted by atomic mass is 10.1. The zero-order valence-electron chi connectivity index (χ0n) is 10.2. The number of rotatable bonds is 2. The highest BCUT2D eigenvalue weighted by Gasteiger charge is 2.33. The van der Waals surface area contributed by atoms with Gasteiger partial charge in [-0.05, 0) is 18.2 Å². The molecule has 0 spiro atoms. The van der Waals surface area contributed by atoms with Crippen LogP contribution < -0.4 is 11.1 Å². The molecule has 3 N–H and O–H groups in total. The number of nitrogens with one attached hydrogen (secondary N) is 1. The van der Waals surface area contributed by atoms with Crippen LogP contribution >= 0.6 is 0 Å². The van der Waals surface area contributed by atoms with Crippen molar-refractivity contribution in [2.24, 2.45) is 0 Å². The van der Waals surface area contributed by atoms with Gasteiger partial charge in [-0.1, -0.05) is 0 Å². The molecule has 0 amide bonds. The number of nitrogens with two attached hydrogens (primary N) is 1. The van der Waals surface area contributed by atoms with Gasteiger partial charge in [0, 0.05) is 23.5 Å². The van der Waals surface area contributed by atoms with E-state index in [0.29, 0.717) is 18.2 Å². The lowest BCUT2D eigenvalue weighted by Gasteiger charge is -2.15. The van der Waals surface area contributed by atoms with Gasteiger partial charge in [0.2, 0.25) is 0 Å². The molecule has 0 radical (unpaired) electrons. The summed E-state index contributed by atoms with van der Waals surface area (Å²) in [6, 6.07) is 3.98. The molecule has 2 aromatic rings. The minimum absolute atomic E-state index is 0.121. The molecule has 2 nitrogen and oxygen atoms in total. The molecular weight excluding hydrogens is 298 g/mol. The normalized spacial score (nSPS) is 11.5. The summed E-state index contributed by atoms with van der Waals surface area (Å²) in [5.41, 5.74) is 3.25. The van der Waals surface area contributed by atoms with Crippen molar-refractivity contribution in [2.45, 2.75) is 6.18 Å². The molecule has 8 heteroatoms. The predicted molar refractivity (Wildman–Crippen MR) is 65.5 cm³/mol. The van der Waals surface area contributed by atoms with E-state index in [-0.39, 0.29) is 11.4 Å². The van der Waals surface area contributed by atoms with Crippen LogP contribution in [0.5, 0.6) is 0 Å². The van der Waals surface area contributed by atoms with Crippen molar-refractivity contribution >= 4 is 17.1 Å². The second kappa shape index (κ2) is 5.19. The lowest BCUT2D eigenvalue weighted by Crippen LogP contribution is -2.10. The van der Waals surface area contributed by atoms with Crippen LogP contribution in [-0.2, 0) is 6.18 Å². The molecule has 0 bridgehead atoms. The Morgan fingerprint density at radius 1 is 0.905 bits per heavy atom. The molecule has 0 aliphatic heterocycles. The number of benzene rings is 2. The topological polar surface area (TPSA) is 38.0 Å². The van der Waals surface area contributed by atoms with E-state index in [4.69, 9.17) is 5.73 Å². The van der Waals surface area contributed by atoms with Gasteiger partial charge in [0.15, 0.2) is 17.5 Å². The Labute approximate surface area is 115 Å². The quantitative estimate of drug-likeness (QED) is 0.489. The summed E-state index contributed by atoms with van der Waals surface area (Å²) in [6.07, 6.45) is -4.71. The van der Waals surface area contributed by atoms with Gasteiger partial charge in [0.05, 0.1) is 11.3 Å². The number of hydrogen-bond acceptors (Lipinski definition) is 2. The number of anilines is 3. The van der Waals surface area contributed by atoms with Gasteiger partial charge < -0.3 is 11.1 Å².